The number of amides is 1. The molecule has 0 radical (unpaired) electrons. The SMILES string of the molecule is O=C(Nc1cccnn1)c1cc(Br)cc(Br)c1. The lowest BCUT2D eigenvalue weighted by Crippen LogP contribution is -2.13. The van der Waals surface area contributed by atoms with E-state index in [1.165, 1.54) is 0 Å². The first kappa shape index (κ1) is 12.2. The van der Waals surface area contributed by atoms with E-state index in [1.54, 1.807) is 30.5 Å². The summed E-state index contributed by atoms with van der Waals surface area (Å²) in [5, 5.41) is 10.1. The molecule has 0 spiro atoms. The Bertz CT molecular complexity index is 525. The number of hydrogen-bond acceptors (Lipinski definition) is 3. The van der Waals surface area contributed by atoms with Crippen molar-refractivity contribution in [2.45, 2.75) is 0 Å². The van der Waals surface area contributed by atoms with Crippen molar-refractivity contribution in [3.05, 3.63) is 51.0 Å². The van der Waals surface area contributed by atoms with Crippen LogP contribution in [0.1, 0.15) is 10.4 Å². The van der Waals surface area contributed by atoms with Crippen molar-refractivity contribution in [3.63, 3.8) is 0 Å². The largest absolute Gasteiger partial charge is 0.305 e. The summed E-state index contributed by atoms with van der Waals surface area (Å²) in [5.41, 5.74) is 0.539. The highest BCUT2D eigenvalue weighted by atomic mass is 79.9. The minimum atomic E-state index is -0.229. The van der Waals surface area contributed by atoms with E-state index in [9.17, 15) is 4.79 Å². The van der Waals surface area contributed by atoms with Crippen molar-refractivity contribution in [1.82, 2.24) is 10.2 Å². The van der Waals surface area contributed by atoms with Crippen molar-refractivity contribution < 1.29 is 4.79 Å². The smallest absolute Gasteiger partial charge is 0.256 e. The van der Waals surface area contributed by atoms with Crippen LogP contribution in [0, 0.1) is 0 Å². The van der Waals surface area contributed by atoms with Crippen molar-refractivity contribution in [2.75, 3.05) is 5.32 Å². The van der Waals surface area contributed by atoms with Crippen LogP contribution in [0.2, 0.25) is 0 Å². The number of anilines is 1. The van der Waals surface area contributed by atoms with Crippen LogP contribution in [-0.2, 0) is 0 Å². The molecule has 17 heavy (non-hydrogen) atoms. The number of nitrogens with one attached hydrogen (secondary N) is 1. The number of carbonyl (C=O) groups is 1. The number of carbonyl (C=O) groups excluding carboxylic acids is 1. The van der Waals surface area contributed by atoms with Crippen LogP contribution in [0.15, 0.2) is 45.5 Å². The molecular formula is C11H7Br2N3O. The highest BCUT2D eigenvalue weighted by Gasteiger charge is 2.08. The molecule has 0 atom stereocenters. The minimum absolute atomic E-state index is 0.229. The molecule has 0 fully saturated rings. The summed E-state index contributed by atoms with van der Waals surface area (Å²) in [4.78, 5) is 11.9. The fourth-order valence-corrected chi connectivity index (χ4v) is 2.54. The van der Waals surface area contributed by atoms with Crippen molar-refractivity contribution in [1.29, 1.82) is 0 Å². The maximum absolute atomic E-state index is 11.9. The summed E-state index contributed by atoms with van der Waals surface area (Å²) in [5.74, 6) is 0.195. The van der Waals surface area contributed by atoms with Gasteiger partial charge in [-0.25, -0.2) is 0 Å². The molecule has 0 aliphatic heterocycles. The molecule has 1 heterocycles. The molecule has 86 valence electrons. The maximum atomic E-state index is 11.9. The van der Waals surface area contributed by atoms with Gasteiger partial charge in [-0.3, -0.25) is 4.79 Å². The minimum Gasteiger partial charge on any atom is -0.305 e. The molecule has 2 aromatic rings. The number of rotatable bonds is 2. The molecule has 1 amide bonds. The average Bonchev–Trinajstić information content (AvgIpc) is 2.29. The van der Waals surface area contributed by atoms with Gasteiger partial charge in [-0.05, 0) is 30.3 Å². The Labute approximate surface area is 115 Å². The zero-order chi connectivity index (χ0) is 12.3. The lowest BCUT2D eigenvalue weighted by atomic mass is 10.2. The van der Waals surface area contributed by atoms with E-state index in [4.69, 9.17) is 0 Å². The predicted octanol–water partition coefficient (Wildman–Crippen LogP) is 3.25. The van der Waals surface area contributed by atoms with Crippen LogP contribution in [0.25, 0.3) is 0 Å². The molecule has 0 aliphatic rings. The Kier molecular flexibility index (Phi) is 3.86. The summed E-state index contributed by atoms with van der Waals surface area (Å²) in [7, 11) is 0. The second-order valence-corrected chi connectivity index (χ2v) is 5.05. The lowest BCUT2D eigenvalue weighted by Gasteiger charge is -2.04. The van der Waals surface area contributed by atoms with Gasteiger partial charge in [0.2, 0.25) is 0 Å². The standard InChI is InChI=1S/C11H7Br2N3O/c12-8-4-7(5-9(13)6-8)11(17)15-10-2-1-3-14-16-10/h1-6H,(H,15,16,17). The number of nitrogens with zero attached hydrogens (tertiary/aromatic N) is 2. The van der Waals surface area contributed by atoms with Crippen LogP contribution in [0.4, 0.5) is 5.82 Å². The summed E-state index contributed by atoms with van der Waals surface area (Å²) >= 11 is 6.66. The normalized spacial score (nSPS) is 10.0. The van der Waals surface area contributed by atoms with Gasteiger partial charge in [0, 0.05) is 20.7 Å². The first-order valence-electron chi connectivity index (χ1n) is 4.70. The van der Waals surface area contributed by atoms with Crippen molar-refractivity contribution >= 4 is 43.6 Å². The Hall–Kier alpha value is -1.27. The second-order valence-electron chi connectivity index (χ2n) is 3.22. The maximum Gasteiger partial charge on any atom is 0.256 e. The monoisotopic (exact) mass is 355 g/mol. The van der Waals surface area contributed by atoms with Crippen LogP contribution >= 0.6 is 31.9 Å². The summed E-state index contributed by atoms with van der Waals surface area (Å²) in [6, 6.07) is 8.71. The van der Waals surface area contributed by atoms with Gasteiger partial charge in [0.05, 0.1) is 0 Å². The van der Waals surface area contributed by atoms with Crippen molar-refractivity contribution in [2.24, 2.45) is 0 Å². The molecule has 1 aromatic heterocycles. The fraction of sp³-hybridized carbons (Fsp3) is 0. The van der Waals surface area contributed by atoms with Crippen LogP contribution < -0.4 is 5.32 Å². The van der Waals surface area contributed by atoms with Gasteiger partial charge in [-0.1, -0.05) is 31.9 Å². The Morgan fingerprint density at radius 3 is 2.47 bits per heavy atom. The van der Waals surface area contributed by atoms with Gasteiger partial charge >= 0.3 is 0 Å². The number of halogens is 2. The predicted molar refractivity (Wildman–Crippen MR) is 71.8 cm³/mol. The number of benzene rings is 1. The third-order valence-electron chi connectivity index (χ3n) is 1.94. The van der Waals surface area contributed by atoms with Gasteiger partial charge in [-0.15, -0.1) is 5.10 Å². The zero-order valence-electron chi connectivity index (χ0n) is 8.52. The van der Waals surface area contributed by atoms with Crippen LogP contribution in [-0.4, -0.2) is 16.1 Å². The highest BCUT2D eigenvalue weighted by molar-refractivity contribution is 9.11. The second kappa shape index (κ2) is 5.37. The zero-order valence-corrected chi connectivity index (χ0v) is 11.7. The van der Waals surface area contributed by atoms with E-state index < -0.39 is 0 Å². The molecular weight excluding hydrogens is 350 g/mol. The molecule has 1 aromatic carbocycles. The molecule has 6 heteroatoms. The van der Waals surface area contributed by atoms with Gasteiger partial charge < -0.3 is 5.32 Å². The highest BCUT2D eigenvalue weighted by Crippen LogP contribution is 2.20. The van der Waals surface area contributed by atoms with E-state index >= 15 is 0 Å². The van der Waals surface area contributed by atoms with E-state index in [2.05, 4.69) is 47.4 Å². The lowest BCUT2D eigenvalue weighted by molar-refractivity contribution is 0.102. The van der Waals surface area contributed by atoms with Gasteiger partial charge in [0.1, 0.15) is 0 Å². The summed E-state index contributed by atoms with van der Waals surface area (Å²) in [6.45, 7) is 0. The van der Waals surface area contributed by atoms with E-state index in [1.807, 2.05) is 6.07 Å². The molecule has 0 aliphatic carbocycles. The van der Waals surface area contributed by atoms with E-state index in [-0.39, 0.29) is 5.91 Å². The number of hydrogen-bond donors (Lipinski definition) is 1. The van der Waals surface area contributed by atoms with E-state index in [0.29, 0.717) is 11.4 Å². The van der Waals surface area contributed by atoms with Gasteiger partial charge in [0.25, 0.3) is 5.91 Å². The quantitative estimate of drug-likeness (QED) is 0.898. The first-order valence-corrected chi connectivity index (χ1v) is 6.29. The molecule has 4 nitrogen and oxygen atoms in total. The molecule has 0 unspecified atom stereocenters. The Morgan fingerprint density at radius 2 is 1.88 bits per heavy atom. The fourth-order valence-electron chi connectivity index (χ4n) is 1.24. The van der Waals surface area contributed by atoms with Gasteiger partial charge in [-0.2, -0.15) is 5.10 Å². The molecule has 0 bridgehead atoms. The molecule has 0 saturated heterocycles. The number of aromatic nitrogens is 2. The topological polar surface area (TPSA) is 54.9 Å². The Morgan fingerprint density at radius 1 is 1.18 bits per heavy atom. The third-order valence-corrected chi connectivity index (χ3v) is 2.85. The molecule has 0 saturated carbocycles. The van der Waals surface area contributed by atoms with Crippen LogP contribution in [0.5, 0.6) is 0 Å². The van der Waals surface area contributed by atoms with E-state index in [0.717, 1.165) is 8.95 Å². The Balaban J connectivity index is 2.20. The van der Waals surface area contributed by atoms with Gasteiger partial charge in [0.15, 0.2) is 5.82 Å². The molecule has 1 N–H and O–H groups in total. The van der Waals surface area contributed by atoms with Crippen molar-refractivity contribution in [3.8, 4) is 0 Å². The first-order chi connectivity index (χ1) is 8.15. The average molecular weight is 357 g/mol. The summed E-state index contributed by atoms with van der Waals surface area (Å²) < 4.78 is 1.66. The molecule has 2 rings (SSSR count). The van der Waals surface area contributed by atoms with Crippen LogP contribution in [0.3, 0.4) is 0 Å². The summed E-state index contributed by atoms with van der Waals surface area (Å²) in [6.07, 6.45) is 1.55. The third kappa shape index (κ3) is 3.34.